The van der Waals surface area contributed by atoms with Gasteiger partial charge in [-0.2, -0.15) is 9.36 Å². The van der Waals surface area contributed by atoms with Gasteiger partial charge in [-0.25, -0.2) is 9.59 Å². The number of rotatable bonds is 4. The first-order valence-corrected chi connectivity index (χ1v) is 19.9. The second kappa shape index (κ2) is 14.0. The fourth-order valence-electron chi connectivity index (χ4n) is 1.84. The lowest BCUT2D eigenvalue weighted by Gasteiger charge is -2.18. The number of alkyl halides is 1. The van der Waals surface area contributed by atoms with Crippen molar-refractivity contribution in [3.8, 4) is 5.88 Å². The van der Waals surface area contributed by atoms with Crippen LogP contribution in [-0.2, 0) is 9.47 Å². The Morgan fingerprint density at radius 1 is 0.892 bits per heavy atom. The summed E-state index contributed by atoms with van der Waals surface area (Å²) in [7, 11) is -2.15. The Kier molecular flexibility index (Phi) is 13.1. The summed E-state index contributed by atoms with van der Waals surface area (Å²) >= 11 is 5.54. The predicted octanol–water partition coefficient (Wildman–Crippen LogP) is 5.98. The van der Waals surface area contributed by atoms with Gasteiger partial charge in [0.25, 0.3) is 5.56 Å². The number of halogens is 1. The maximum Gasteiger partial charge on any atom is 0.435 e. The first-order chi connectivity index (χ1) is 16.5. The fourth-order valence-corrected chi connectivity index (χ4v) is 2.42. The van der Waals surface area contributed by atoms with Gasteiger partial charge >= 0.3 is 12.2 Å². The number of aromatic amines is 1. The van der Waals surface area contributed by atoms with Gasteiger partial charge in [-0.15, -0.1) is 16.7 Å². The molecule has 37 heavy (non-hydrogen) atoms. The van der Waals surface area contributed by atoms with E-state index in [2.05, 4.69) is 49.5 Å². The van der Waals surface area contributed by atoms with E-state index in [-0.39, 0.29) is 5.56 Å². The highest BCUT2D eigenvalue weighted by Gasteiger charge is 2.20. The summed E-state index contributed by atoms with van der Waals surface area (Å²) in [6.07, 6.45) is 2.47. The molecule has 0 bridgehead atoms. The number of H-pyrrole nitrogens is 1. The molecule has 212 valence electrons. The Hall–Kier alpha value is -2.32. The smallest absolute Gasteiger partial charge is 0.435 e. The second-order valence-corrected chi connectivity index (χ2v) is 24.4. The lowest BCUT2D eigenvalue weighted by atomic mass is 10.2. The Bertz CT molecular complexity index is 1040. The van der Waals surface area contributed by atoms with Crippen molar-refractivity contribution in [2.75, 3.05) is 11.7 Å². The summed E-state index contributed by atoms with van der Waals surface area (Å²) in [4.78, 5) is 33.6. The third kappa shape index (κ3) is 18.6. The number of nitrogens with one attached hydrogen (secondary N) is 1. The molecule has 0 fully saturated rings. The van der Waals surface area contributed by atoms with Gasteiger partial charge in [0, 0.05) is 30.0 Å². The Morgan fingerprint density at radius 2 is 1.38 bits per heavy atom. The molecule has 0 saturated carbocycles. The summed E-state index contributed by atoms with van der Waals surface area (Å²) in [5, 5.41) is 6.32. The van der Waals surface area contributed by atoms with Crippen LogP contribution in [0, 0.1) is 0 Å². The van der Waals surface area contributed by atoms with Crippen LogP contribution in [0.2, 0.25) is 39.3 Å². The molecule has 0 aliphatic carbocycles. The van der Waals surface area contributed by atoms with E-state index in [0.717, 1.165) is 14.9 Å². The second-order valence-electron chi connectivity index (χ2n) is 12.8. The fraction of sp³-hybridized carbons (Fsp3) is 0.667. The number of hydrogen-bond donors (Lipinski definition) is 1. The van der Waals surface area contributed by atoms with Gasteiger partial charge in [-0.3, -0.25) is 9.89 Å². The van der Waals surface area contributed by atoms with Crippen molar-refractivity contribution < 1.29 is 23.8 Å². The zero-order valence-electron chi connectivity index (χ0n) is 24.4. The molecule has 2 rings (SSSR count). The van der Waals surface area contributed by atoms with Gasteiger partial charge in [-0.1, -0.05) is 39.3 Å². The Labute approximate surface area is 227 Å². The maximum absolute atomic E-state index is 11.7. The predicted molar refractivity (Wildman–Crippen MR) is 153 cm³/mol. The van der Waals surface area contributed by atoms with E-state index >= 15 is 0 Å². The van der Waals surface area contributed by atoms with Gasteiger partial charge < -0.3 is 14.2 Å². The molecule has 2 aromatic heterocycles. The van der Waals surface area contributed by atoms with Crippen molar-refractivity contribution >= 4 is 39.9 Å². The van der Waals surface area contributed by atoms with Crippen LogP contribution in [0.1, 0.15) is 41.5 Å². The molecular formula is C24H45ClN4O6Si2. The standard InChI is InChI=1S/C12H22N2O3Si.C8H12N2O3.C4H11ClSi/c1-12(2,3)17-11(15)14-8-7-10(13-14)16-9-18(4,5)6;1-8(2,3)13-7(12)10-5-4-6(11)9-10;1-6(2,3)4-5/h7-8H,9H2,1-6H3;4-5H,1-3H3,(H,9,11);4H2,1-3H3. The first-order valence-electron chi connectivity index (χ1n) is 12.0. The van der Waals surface area contributed by atoms with Crippen molar-refractivity contribution in [1.82, 2.24) is 19.6 Å². The molecular weight excluding hydrogens is 532 g/mol. The molecule has 0 amide bonds. The molecule has 0 aromatic carbocycles. The third-order valence-electron chi connectivity index (χ3n) is 3.39. The highest BCUT2D eigenvalue weighted by Crippen LogP contribution is 2.12. The topological polar surface area (TPSA) is 117 Å². The van der Waals surface area contributed by atoms with Crippen molar-refractivity contribution in [2.45, 2.75) is 92.0 Å². The SMILES string of the molecule is CC(C)(C)OC(=O)n1ccc(=O)[nH]1.CC(C)(C)OC(=O)n1ccc(OC[Si](C)(C)C)n1.C[Si](C)(C)CCl. The van der Waals surface area contributed by atoms with E-state index in [1.165, 1.54) is 12.3 Å². The molecule has 2 heterocycles. The lowest BCUT2D eigenvalue weighted by Crippen LogP contribution is -2.30. The van der Waals surface area contributed by atoms with Gasteiger partial charge in [0.2, 0.25) is 5.88 Å². The van der Waals surface area contributed by atoms with E-state index in [1.54, 1.807) is 33.0 Å². The minimum Gasteiger partial charge on any atom is -0.480 e. The Morgan fingerprint density at radius 3 is 1.76 bits per heavy atom. The van der Waals surface area contributed by atoms with E-state index < -0.39 is 39.5 Å². The van der Waals surface area contributed by atoms with Gasteiger partial charge in [0.15, 0.2) is 0 Å². The molecule has 1 N–H and O–H groups in total. The third-order valence-corrected chi connectivity index (χ3v) is 7.61. The molecule has 13 heteroatoms. The minimum atomic E-state index is -1.28. The lowest BCUT2D eigenvalue weighted by molar-refractivity contribution is 0.0502. The number of nitrogens with zero attached hydrogens (tertiary/aromatic N) is 3. The minimum absolute atomic E-state index is 0.328. The van der Waals surface area contributed by atoms with Crippen molar-refractivity contribution in [3.05, 3.63) is 34.9 Å². The largest absolute Gasteiger partial charge is 0.480 e. The van der Waals surface area contributed by atoms with Crippen LogP contribution in [-0.4, -0.2) is 70.8 Å². The van der Waals surface area contributed by atoms with Crippen molar-refractivity contribution in [1.29, 1.82) is 0 Å². The molecule has 0 spiro atoms. The number of carbonyl (C=O) groups excluding carboxylic acids is 2. The molecule has 0 radical (unpaired) electrons. The molecule has 10 nitrogen and oxygen atoms in total. The van der Waals surface area contributed by atoms with Crippen molar-refractivity contribution in [3.63, 3.8) is 0 Å². The first kappa shape index (κ1) is 34.7. The zero-order chi connectivity index (χ0) is 29.2. The van der Waals surface area contributed by atoms with Crippen LogP contribution in [0.4, 0.5) is 9.59 Å². The summed E-state index contributed by atoms with van der Waals surface area (Å²) in [6, 6.07) is 2.92. The molecule has 0 saturated heterocycles. The summed E-state index contributed by atoms with van der Waals surface area (Å²) in [6.45, 7) is 24.1. The monoisotopic (exact) mass is 576 g/mol. The van der Waals surface area contributed by atoms with Gasteiger partial charge in [0.1, 0.15) is 11.2 Å². The average molecular weight is 577 g/mol. The Balaban J connectivity index is 0.000000594. The molecule has 0 unspecified atom stereocenters. The van der Waals surface area contributed by atoms with Crippen LogP contribution in [0.3, 0.4) is 0 Å². The van der Waals surface area contributed by atoms with Gasteiger partial charge in [0.05, 0.1) is 22.4 Å². The quantitative estimate of drug-likeness (QED) is 0.351. The maximum atomic E-state index is 11.7. The van der Waals surface area contributed by atoms with E-state index in [0.29, 0.717) is 12.1 Å². The summed E-state index contributed by atoms with van der Waals surface area (Å²) in [5.41, 5.74) is -0.529. The van der Waals surface area contributed by atoms with Crippen LogP contribution >= 0.6 is 11.6 Å². The van der Waals surface area contributed by atoms with E-state index in [1.807, 2.05) is 20.8 Å². The average Bonchev–Trinajstić information content (AvgIpc) is 3.33. The number of ether oxygens (including phenoxy) is 3. The zero-order valence-corrected chi connectivity index (χ0v) is 27.1. The molecule has 0 atom stereocenters. The number of hydrogen-bond acceptors (Lipinski definition) is 7. The van der Waals surface area contributed by atoms with Crippen LogP contribution in [0.15, 0.2) is 29.3 Å². The van der Waals surface area contributed by atoms with Gasteiger partial charge in [-0.05, 0) is 41.5 Å². The number of aromatic nitrogens is 4. The highest BCUT2D eigenvalue weighted by molar-refractivity contribution is 6.82. The van der Waals surface area contributed by atoms with Crippen molar-refractivity contribution in [2.24, 2.45) is 0 Å². The van der Waals surface area contributed by atoms with Crippen LogP contribution in [0.25, 0.3) is 0 Å². The van der Waals surface area contributed by atoms with E-state index in [4.69, 9.17) is 25.8 Å². The molecule has 0 aliphatic rings. The normalized spacial score (nSPS) is 11.9. The van der Waals surface area contributed by atoms with Crippen LogP contribution in [0.5, 0.6) is 5.88 Å². The highest BCUT2D eigenvalue weighted by atomic mass is 35.5. The van der Waals surface area contributed by atoms with Crippen LogP contribution < -0.4 is 10.3 Å². The number of carbonyl (C=O) groups is 2. The van der Waals surface area contributed by atoms with E-state index in [9.17, 15) is 14.4 Å². The molecule has 0 aliphatic heterocycles. The summed E-state index contributed by atoms with van der Waals surface area (Å²) < 4.78 is 17.9. The summed E-state index contributed by atoms with van der Waals surface area (Å²) in [5.74, 6) is 0.461. The molecule has 2 aromatic rings.